The maximum atomic E-state index is 5.95. The zero-order valence-corrected chi connectivity index (χ0v) is 11.4. The molecular weight excluding hydrogens is 238 g/mol. The highest BCUT2D eigenvalue weighted by molar-refractivity contribution is 7.16. The zero-order chi connectivity index (χ0) is 12.0. The summed E-state index contributed by atoms with van der Waals surface area (Å²) in [4.78, 5) is 1.29. The Morgan fingerprint density at radius 1 is 1.44 bits per heavy atom. The standard InChI is InChI=1S/C13H18ClNS/c1-4-7-10(5-2)15-11(6-3)12-8-9-13(14)16-12/h1,8-11,15H,5-7H2,2-3H3. The van der Waals surface area contributed by atoms with E-state index in [1.165, 1.54) is 4.88 Å². The Bertz CT molecular complexity index is 353. The van der Waals surface area contributed by atoms with Crippen molar-refractivity contribution in [3.05, 3.63) is 21.3 Å². The van der Waals surface area contributed by atoms with Gasteiger partial charge in [-0.2, -0.15) is 0 Å². The zero-order valence-electron chi connectivity index (χ0n) is 9.79. The van der Waals surface area contributed by atoms with Crippen molar-refractivity contribution in [2.75, 3.05) is 0 Å². The minimum Gasteiger partial charge on any atom is -0.306 e. The maximum Gasteiger partial charge on any atom is 0.0931 e. The van der Waals surface area contributed by atoms with E-state index in [9.17, 15) is 0 Å². The van der Waals surface area contributed by atoms with E-state index in [0.29, 0.717) is 12.1 Å². The van der Waals surface area contributed by atoms with Crippen molar-refractivity contribution >= 4 is 22.9 Å². The minimum atomic E-state index is 0.371. The molecule has 3 heteroatoms. The Hall–Kier alpha value is -0.490. The summed E-state index contributed by atoms with van der Waals surface area (Å²) in [5.41, 5.74) is 0. The third-order valence-electron chi connectivity index (χ3n) is 2.64. The summed E-state index contributed by atoms with van der Waals surface area (Å²) >= 11 is 7.59. The van der Waals surface area contributed by atoms with Gasteiger partial charge in [0.05, 0.1) is 4.34 Å². The first kappa shape index (κ1) is 13.6. The molecule has 0 radical (unpaired) electrons. The second-order valence-corrected chi connectivity index (χ2v) is 5.53. The Morgan fingerprint density at radius 2 is 2.19 bits per heavy atom. The molecule has 0 bridgehead atoms. The van der Waals surface area contributed by atoms with Gasteiger partial charge in [0.2, 0.25) is 0 Å². The molecule has 1 aromatic rings. The lowest BCUT2D eigenvalue weighted by atomic mass is 10.1. The number of thiophene rings is 1. The number of terminal acetylenes is 1. The molecule has 0 aromatic carbocycles. The van der Waals surface area contributed by atoms with Gasteiger partial charge < -0.3 is 5.32 Å². The summed E-state index contributed by atoms with van der Waals surface area (Å²) in [6.07, 6.45) is 8.25. The van der Waals surface area contributed by atoms with Crippen LogP contribution in [0.1, 0.15) is 44.0 Å². The van der Waals surface area contributed by atoms with Crippen molar-refractivity contribution in [3.63, 3.8) is 0 Å². The molecule has 1 aromatic heterocycles. The van der Waals surface area contributed by atoms with Crippen LogP contribution in [0.2, 0.25) is 4.34 Å². The molecule has 0 amide bonds. The number of halogens is 1. The Labute approximate surface area is 107 Å². The molecule has 0 aliphatic heterocycles. The van der Waals surface area contributed by atoms with Crippen LogP contribution in [0.25, 0.3) is 0 Å². The van der Waals surface area contributed by atoms with E-state index in [1.54, 1.807) is 11.3 Å². The fourth-order valence-corrected chi connectivity index (χ4v) is 2.87. The van der Waals surface area contributed by atoms with Crippen LogP contribution in [-0.2, 0) is 0 Å². The van der Waals surface area contributed by atoms with E-state index in [4.69, 9.17) is 18.0 Å². The van der Waals surface area contributed by atoms with E-state index in [1.807, 2.05) is 6.07 Å². The molecular formula is C13H18ClNS. The van der Waals surface area contributed by atoms with Crippen molar-refractivity contribution < 1.29 is 0 Å². The third-order valence-corrected chi connectivity index (χ3v) is 3.98. The number of nitrogens with one attached hydrogen (secondary N) is 1. The average Bonchev–Trinajstić information content (AvgIpc) is 2.71. The average molecular weight is 256 g/mol. The Kier molecular flexibility index (Phi) is 5.90. The number of hydrogen-bond acceptors (Lipinski definition) is 2. The molecule has 2 unspecified atom stereocenters. The molecule has 1 rings (SSSR count). The van der Waals surface area contributed by atoms with Crippen LogP contribution in [0.3, 0.4) is 0 Å². The van der Waals surface area contributed by atoms with E-state index < -0.39 is 0 Å². The largest absolute Gasteiger partial charge is 0.306 e. The normalized spacial score (nSPS) is 14.4. The van der Waals surface area contributed by atoms with Gasteiger partial charge >= 0.3 is 0 Å². The smallest absolute Gasteiger partial charge is 0.0931 e. The van der Waals surface area contributed by atoms with Gasteiger partial charge in [-0.3, -0.25) is 0 Å². The van der Waals surface area contributed by atoms with E-state index in [2.05, 4.69) is 31.2 Å². The van der Waals surface area contributed by atoms with E-state index >= 15 is 0 Å². The predicted molar refractivity (Wildman–Crippen MR) is 73.0 cm³/mol. The lowest BCUT2D eigenvalue weighted by molar-refractivity contribution is 0.425. The second kappa shape index (κ2) is 6.96. The molecule has 1 N–H and O–H groups in total. The van der Waals surface area contributed by atoms with Crippen LogP contribution in [0.5, 0.6) is 0 Å². The van der Waals surface area contributed by atoms with Gasteiger partial charge in [-0.1, -0.05) is 25.4 Å². The predicted octanol–water partition coefficient (Wildman–Crippen LogP) is 4.24. The molecule has 0 aliphatic rings. The second-order valence-electron chi connectivity index (χ2n) is 3.78. The highest BCUT2D eigenvalue weighted by atomic mass is 35.5. The van der Waals surface area contributed by atoms with Crippen LogP contribution in [0, 0.1) is 12.3 Å². The van der Waals surface area contributed by atoms with Crippen LogP contribution in [0.15, 0.2) is 12.1 Å². The maximum absolute atomic E-state index is 5.95. The summed E-state index contributed by atoms with van der Waals surface area (Å²) < 4.78 is 0.847. The lowest BCUT2D eigenvalue weighted by Crippen LogP contribution is -2.31. The lowest BCUT2D eigenvalue weighted by Gasteiger charge is -2.22. The van der Waals surface area contributed by atoms with Crippen molar-refractivity contribution in [2.45, 2.75) is 45.2 Å². The Morgan fingerprint density at radius 3 is 2.62 bits per heavy atom. The fourth-order valence-electron chi connectivity index (χ4n) is 1.66. The quantitative estimate of drug-likeness (QED) is 0.750. The fraction of sp³-hybridized carbons (Fsp3) is 0.538. The highest BCUT2D eigenvalue weighted by Gasteiger charge is 2.15. The summed E-state index contributed by atoms with van der Waals surface area (Å²) in [6.45, 7) is 4.33. The molecule has 0 fully saturated rings. The molecule has 0 saturated heterocycles. The van der Waals surface area contributed by atoms with Crippen LogP contribution >= 0.6 is 22.9 Å². The third kappa shape index (κ3) is 3.83. The topological polar surface area (TPSA) is 12.0 Å². The van der Waals surface area contributed by atoms with Crippen molar-refractivity contribution in [1.29, 1.82) is 0 Å². The molecule has 0 aliphatic carbocycles. The van der Waals surface area contributed by atoms with Crippen LogP contribution in [0.4, 0.5) is 0 Å². The van der Waals surface area contributed by atoms with Gasteiger partial charge in [0.25, 0.3) is 0 Å². The Balaban J connectivity index is 2.64. The SMILES string of the molecule is C#CCC(CC)NC(CC)c1ccc(Cl)s1. The van der Waals surface area contributed by atoms with Crippen LogP contribution in [-0.4, -0.2) is 6.04 Å². The summed E-state index contributed by atoms with van der Waals surface area (Å²) in [5, 5.41) is 3.59. The number of rotatable bonds is 6. The van der Waals surface area contributed by atoms with Gasteiger partial charge in [-0.05, 0) is 25.0 Å². The van der Waals surface area contributed by atoms with E-state index in [0.717, 1.165) is 23.6 Å². The summed E-state index contributed by atoms with van der Waals surface area (Å²) in [6, 6.07) is 4.82. The van der Waals surface area contributed by atoms with Crippen molar-refractivity contribution in [3.8, 4) is 12.3 Å². The highest BCUT2D eigenvalue weighted by Crippen LogP contribution is 2.29. The van der Waals surface area contributed by atoms with Crippen molar-refractivity contribution in [2.24, 2.45) is 0 Å². The first-order valence-electron chi connectivity index (χ1n) is 5.66. The molecule has 1 nitrogen and oxygen atoms in total. The first-order valence-corrected chi connectivity index (χ1v) is 6.85. The molecule has 88 valence electrons. The molecule has 16 heavy (non-hydrogen) atoms. The molecule has 2 atom stereocenters. The van der Waals surface area contributed by atoms with Gasteiger partial charge in [0.1, 0.15) is 0 Å². The van der Waals surface area contributed by atoms with Gasteiger partial charge in [-0.15, -0.1) is 23.7 Å². The van der Waals surface area contributed by atoms with Crippen LogP contribution < -0.4 is 5.32 Å². The minimum absolute atomic E-state index is 0.371. The van der Waals surface area contributed by atoms with E-state index in [-0.39, 0.29) is 0 Å². The van der Waals surface area contributed by atoms with Gasteiger partial charge in [-0.25, -0.2) is 0 Å². The molecule has 0 saturated carbocycles. The van der Waals surface area contributed by atoms with Gasteiger partial charge in [0.15, 0.2) is 0 Å². The number of hydrogen-bond donors (Lipinski definition) is 1. The first-order chi connectivity index (χ1) is 7.71. The molecule has 0 spiro atoms. The van der Waals surface area contributed by atoms with Gasteiger partial charge in [0, 0.05) is 23.4 Å². The summed E-state index contributed by atoms with van der Waals surface area (Å²) in [7, 11) is 0. The molecule has 1 heterocycles. The summed E-state index contributed by atoms with van der Waals surface area (Å²) in [5.74, 6) is 2.72. The van der Waals surface area contributed by atoms with Crippen molar-refractivity contribution in [1.82, 2.24) is 5.32 Å². The monoisotopic (exact) mass is 255 g/mol.